The largest absolute Gasteiger partial charge is 0.376 e. The van der Waals surface area contributed by atoms with Gasteiger partial charge >= 0.3 is 0 Å². The highest BCUT2D eigenvalue weighted by molar-refractivity contribution is 7.89. The topological polar surface area (TPSA) is 104 Å². The highest BCUT2D eigenvalue weighted by Crippen LogP contribution is 2.21. The molecule has 0 radical (unpaired) electrons. The van der Waals surface area contributed by atoms with Crippen molar-refractivity contribution in [3.8, 4) is 0 Å². The van der Waals surface area contributed by atoms with Crippen LogP contribution in [0, 0.1) is 0 Å². The highest BCUT2D eigenvalue weighted by Gasteiger charge is 2.21. The van der Waals surface area contributed by atoms with E-state index in [0.29, 0.717) is 30.0 Å². The molecule has 28 heavy (non-hydrogen) atoms. The van der Waals surface area contributed by atoms with Gasteiger partial charge in [0, 0.05) is 18.8 Å². The number of nitrogens with one attached hydrogen (secondary N) is 2. The second-order valence-corrected chi connectivity index (χ2v) is 8.42. The molecule has 3 rings (SSSR count). The van der Waals surface area contributed by atoms with Gasteiger partial charge in [-0.15, -0.1) is 0 Å². The van der Waals surface area contributed by atoms with E-state index in [2.05, 4.69) is 19.4 Å². The molecule has 0 spiro atoms. The molecule has 0 fully saturated rings. The summed E-state index contributed by atoms with van der Waals surface area (Å²) in [7, 11) is -3.49. The molecule has 1 heterocycles. The molecule has 0 aliphatic carbocycles. The lowest BCUT2D eigenvalue weighted by atomic mass is 10.2. The minimum absolute atomic E-state index is 0.0378. The molecule has 1 aromatic heterocycles. The Morgan fingerprint density at radius 2 is 1.79 bits per heavy atom. The second kappa shape index (κ2) is 8.63. The van der Waals surface area contributed by atoms with Crippen LogP contribution in [0.1, 0.15) is 13.8 Å². The summed E-state index contributed by atoms with van der Waals surface area (Å²) in [5.74, 6) is -0.236. The van der Waals surface area contributed by atoms with Crippen molar-refractivity contribution >= 4 is 50.1 Å². The van der Waals surface area contributed by atoms with Gasteiger partial charge < -0.3 is 10.6 Å². The standard InChI is InChI=1S/C18H21N5O3S2/c1-3-23(4-2)28(25,26)14-10-8-13(9-11-14)19-12-17(24)20-15-6-5-7-16-18(15)22-27-21-16/h5-11,19H,3-4,12H2,1-2H3,(H,20,24). The van der Waals surface area contributed by atoms with Gasteiger partial charge in [-0.2, -0.15) is 13.1 Å². The molecule has 1 amide bonds. The fourth-order valence-electron chi connectivity index (χ4n) is 2.74. The van der Waals surface area contributed by atoms with Gasteiger partial charge in [-0.25, -0.2) is 8.42 Å². The summed E-state index contributed by atoms with van der Waals surface area (Å²) >= 11 is 1.09. The maximum atomic E-state index is 12.5. The average molecular weight is 420 g/mol. The zero-order valence-corrected chi connectivity index (χ0v) is 17.2. The predicted octanol–water partition coefficient (Wildman–Crippen LogP) is 2.77. The van der Waals surface area contributed by atoms with Gasteiger partial charge in [0.15, 0.2) is 0 Å². The molecule has 0 atom stereocenters. The second-order valence-electron chi connectivity index (χ2n) is 5.95. The lowest BCUT2D eigenvalue weighted by Crippen LogP contribution is -2.30. The Morgan fingerprint density at radius 3 is 2.46 bits per heavy atom. The van der Waals surface area contributed by atoms with Gasteiger partial charge in [0.25, 0.3) is 0 Å². The lowest BCUT2D eigenvalue weighted by Gasteiger charge is -2.18. The summed E-state index contributed by atoms with van der Waals surface area (Å²) in [5, 5.41) is 5.80. The van der Waals surface area contributed by atoms with E-state index >= 15 is 0 Å². The number of sulfonamides is 1. The van der Waals surface area contributed by atoms with Crippen molar-refractivity contribution in [1.82, 2.24) is 13.1 Å². The summed E-state index contributed by atoms with van der Waals surface area (Å²) in [6.07, 6.45) is 0. The number of fused-ring (bicyclic) bond motifs is 1. The molecular weight excluding hydrogens is 398 g/mol. The lowest BCUT2D eigenvalue weighted by molar-refractivity contribution is -0.114. The van der Waals surface area contributed by atoms with Crippen LogP contribution in [0.5, 0.6) is 0 Å². The Labute approximate surface area is 168 Å². The number of aromatic nitrogens is 2. The summed E-state index contributed by atoms with van der Waals surface area (Å²) < 4.78 is 34.7. The van der Waals surface area contributed by atoms with E-state index in [1.807, 2.05) is 12.1 Å². The van der Waals surface area contributed by atoms with Crippen LogP contribution in [0.2, 0.25) is 0 Å². The van der Waals surface area contributed by atoms with Gasteiger partial charge in [-0.3, -0.25) is 4.79 Å². The SMILES string of the molecule is CCN(CC)S(=O)(=O)c1ccc(NCC(=O)Nc2cccc3nsnc23)cc1. The van der Waals surface area contributed by atoms with E-state index in [0.717, 1.165) is 17.2 Å². The first kappa shape index (κ1) is 20.2. The monoisotopic (exact) mass is 419 g/mol. The fraction of sp³-hybridized carbons (Fsp3) is 0.278. The summed E-state index contributed by atoms with van der Waals surface area (Å²) in [5.41, 5.74) is 2.66. The molecule has 0 aliphatic rings. The Kier molecular flexibility index (Phi) is 6.22. The predicted molar refractivity (Wildman–Crippen MR) is 111 cm³/mol. The van der Waals surface area contributed by atoms with Crippen LogP contribution >= 0.6 is 11.7 Å². The zero-order chi connectivity index (χ0) is 20.1. The van der Waals surface area contributed by atoms with E-state index in [4.69, 9.17) is 0 Å². The highest BCUT2D eigenvalue weighted by atomic mass is 32.2. The van der Waals surface area contributed by atoms with E-state index in [9.17, 15) is 13.2 Å². The normalized spacial score (nSPS) is 11.7. The van der Waals surface area contributed by atoms with Crippen molar-refractivity contribution in [3.05, 3.63) is 42.5 Å². The number of rotatable bonds is 8. The zero-order valence-electron chi connectivity index (χ0n) is 15.5. The van der Waals surface area contributed by atoms with E-state index < -0.39 is 10.0 Å². The molecule has 0 saturated carbocycles. The van der Waals surface area contributed by atoms with E-state index in [1.54, 1.807) is 32.0 Å². The first-order chi connectivity index (χ1) is 13.5. The number of nitrogens with zero attached hydrogens (tertiary/aromatic N) is 3. The van der Waals surface area contributed by atoms with Gasteiger partial charge in [-0.05, 0) is 36.4 Å². The third-order valence-corrected chi connectivity index (χ3v) is 6.82. The molecule has 2 aromatic carbocycles. The molecule has 8 nitrogen and oxygen atoms in total. The van der Waals surface area contributed by atoms with Crippen LogP contribution in [0.25, 0.3) is 11.0 Å². The molecule has 3 aromatic rings. The Bertz CT molecular complexity index is 1060. The molecule has 148 valence electrons. The minimum atomic E-state index is -3.49. The van der Waals surface area contributed by atoms with Crippen molar-refractivity contribution in [2.75, 3.05) is 30.3 Å². The first-order valence-corrected chi connectivity index (χ1v) is 11.0. The van der Waals surface area contributed by atoms with Crippen molar-refractivity contribution in [2.45, 2.75) is 18.7 Å². The summed E-state index contributed by atoms with van der Waals surface area (Å²) in [6, 6.07) is 11.8. The van der Waals surface area contributed by atoms with Crippen molar-refractivity contribution in [1.29, 1.82) is 0 Å². The number of anilines is 2. The van der Waals surface area contributed by atoms with Crippen LogP contribution in [-0.2, 0) is 14.8 Å². The van der Waals surface area contributed by atoms with Crippen molar-refractivity contribution in [3.63, 3.8) is 0 Å². The number of amides is 1. The van der Waals surface area contributed by atoms with Crippen LogP contribution in [0.15, 0.2) is 47.4 Å². The van der Waals surface area contributed by atoms with Gasteiger partial charge in [0.2, 0.25) is 15.9 Å². The Hall–Kier alpha value is -2.56. The third-order valence-electron chi connectivity index (χ3n) is 4.21. The van der Waals surface area contributed by atoms with Crippen LogP contribution in [0.3, 0.4) is 0 Å². The van der Waals surface area contributed by atoms with Gasteiger partial charge in [-0.1, -0.05) is 19.9 Å². The maximum absolute atomic E-state index is 12.5. The van der Waals surface area contributed by atoms with Gasteiger partial charge in [0.05, 0.1) is 28.9 Å². The van der Waals surface area contributed by atoms with Crippen molar-refractivity contribution < 1.29 is 13.2 Å². The molecule has 0 unspecified atom stereocenters. The van der Waals surface area contributed by atoms with E-state index in [-0.39, 0.29) is 17.3 Å². The Morgan fingerprint density at radius 1 is 1.07 bits per heavy atom. The Balaban J connectivity index is 1.62. The van der Waals surface area contributed by atoms with Crippen LogP contribution < -0.4 is 10.6 Å². The number of carbonyl (C=O) groups excluding carboxylic acids is 1. The number of benzene rings is 2. The minimum Gasteiger partial charge on any atom is -0.376 e. The van der Waals surface area contributed by atoms with Crippen LogP contribution in [-0.4, -0.2) is 47.0 Å². The number of hydrogen-bond acceptors (Lipinski definition) is 7. The number of carbonyl (C=O) groups is 1. The van der Waals surface area contributed by atoms with Crippen molar-refractivity contribution in [2.24, 2.45) is 0 Å². The fourth-order valence-corrected chi connectivity index (χ4v) is 4.75. The molecule has 0 aliphatic heterocycles. The van der Waals surface area contributed by atoms with E-state index in [1.165, 1.54) is 16.4 Å². The molecule has 10 heteroatoms. The molecular formula is C18H21N5O3S2. The third kappa shape index (κ3) is 4.29. The molecule has 0 bridgehead atoms. The molecule has 2 N–H and O–H groups in total. The van der Waals surface area contributed by atoms with Crippen LogP contribution in [0.4, 0.5) is 11.4 Å². The quantitative estimate of drug-likeness (QED) is 0.582. The maximum Gasteiger partial charge on any atom is 0.243 e. The van der Waals surface area contributed by atoms with Gasteiger partial charge in [0.1, 0.15) is 11.0 Å². The summed E-state index contributed by atoms with van der Waals surface area (Å²) in [6.45, 7) is 4.48. The molecule has 0 saturated heterocycles. The summed E-state index contributed by atoms with van der Waals surface area (Å²) in [4.78, 5) is 12.5. The number of hydrogen-bond donors (Lipinski definition) is 2. The average Bonchev–Trinajstić information content (AvgIpc) is 3.17. The first-order valence-electron chi connectivity index (χ1n) is 8.81. The smallest absolute Gasteiger partial charge is 0.243 e.